The Bertz CT molecular complexity index is 4510. The van der Waals surface area contributed by atoms with Crippen LogP contribution in [-0.4, -0.2) is 151 Å². The van der Waals surface area contributed by atoms with Gasteiger partial charge in [0.1, 0.15) is 18.8 Å². The van der Waals surface area contributed by atoms with E-state index in [0.717, 1.165) is 78.0 Å². The molecular formula is C87H106N9O10+. The molecule has 7 aromatic rings. The molecule has 6 N–H and O–H groups in total. The summed E-state index contributed by atoms with van der Waals surface area (Å²) in [5, 5.41) is 22.5. The van der Waals surface area contributed by atoms with Gasteiger partial charge in [-0.15, -0.1) is 0 Å². The Hall–Kier alpha value is -9.66. The summed E-state index contributed by atoms with van der Waals surface area (Å²) in [7, 11) is 1.83. The largest absolute Gasteiger partial charge is 0.506 e. The number of nitrogens with one attached hydrogen (secondary N) is 5. The van der Waals surface area contributed by atoms with Gasteiger partial charge in [0.25, 0.3) is 5.91 Å². The van der Waals surface area contributed by atoms with Crippen LogP contribution in [0.5, 0.6) is 5.75 Å². The van der Waals surface area contributed by atoms with E-state index in [-0.39, 0.29) is 85.1 Å². The first kappa shape index (κ1) is 76.0. The molecule has 4 aliphatic heterocycles. The molecule has 19 heteroatoms. The molecule has 7 aromatic carbocycles. The Balaban J connectivity index is 0.501. The fourth-order valence-corrected chi connectivity index (χ4v) is 16.2. The zero-order valence-electron chi connectivity index (χ0n) is 62.9. The standard InChI is InChI=1S/C87H105N9O10/c1-8-96-76-56-73-71(55-70(76)59(2)57-86(96,3)4)82(72-54-66-22-14-41-94-42-15-23-69(84(66)94)83(72)87(73,5)6)65-21-13-17-61(51-65)53-81(101)93(7)40-16-25-78(98)88-37-34-60-26-33-74(77(97)52-60)92-91-68-31-29-64(30-32-68)85(102)90-39-44-104-46-48-106-50-49-105-47-45-103-43-36-79(99)89-38-35-80(100)95-58-67-20-10-9-18-62(67)27-28-63-19-11-12-24-75(63)95/h9-13,17-21,24,26-33,51-52,54-56,59,92H,8,14-16,22-23,25,34-50,53,57-58H2,1-7H3,(H4-,88,89,90,91,97,98,99,102)/p+1/b28-27-. The molecule has 19 nitrogen and oxygen atoms in total. The summed E-state index contributed by atoms with van der Waals surface area (Å²) in [6.07, 6.45) is 11.7. The summed E-state index contributed by atoms with van der Waals surface area (Å²) >= 11 is 0. The lowest BCUT2D eigenvalue weighted by Gasteiger charge is -2.48. The summed E-state index contributed by atoms with van der Waals surface area (Å²) in [5.41, 5.74) is 25.7. The molecule has 12 rings (SSSR count). The number of rotatable bonds is 33. The molecule has 1 atom stereocenters. The van der Waals surface area contributed by atoms with E-state index in [1.807, 2.05) is 67.7 Å². The van der Waals surface area contributed by atoms with Crippen LogP contribution in [0.15, 0.2) is 133 Å². The van der Waals surface area contributed by atoms with Crippen molar-refractivity contribution in [1.29, 1.82) is 0 Å². The molecule has 5 amide bonds. The average Bonchev–Trinajstić information content (AvgIpc) is 0.695. The van der Waals surface area contributed by atoms with Crippen LogP contribution in [-0.2, 0) is 75.8 Å². The van der Waals surface area contributed by atoms with Crippen LogP contribution in [0.1, 0.15) is 170 Å². The van der Waals surface area contributed by atoms with Crippen LogP contribution in [0, 0.1) is 0 Å². The molecule has 1 unspecified atom stereocenters. The van der Waals surface area contributed by atoms with E-state index in [2.05, 4.69) is 126 Å². The van der Waals surface area contributed by atoms with E-state index < -0.39 is 0 Å². The summed E-state index contributed by atoms with van der Waals surface area (Å²) < 4.78 is 25.0. The first-order valence-electron chi connectivity index (χ1n) is 38.2. The van der Waals surface area contributed by atoms with Crippen molar-refractivity contribution in [3.05, 3.63) is 216 Å². The van der Waals surface area contributed by atoms with Gasteiger partial charge in [-0.3, -0.25) is 29.4 Å². The highest BCUT2D eigenvalue weighted by Crippen LogP contribution is 2.50. The Morgan fingerprint density at radius 1 is 0.651 bits per heavy atom. The fraction of sp³-hybridized carbons (Fsp3) is 0.425. The second-order valence-corrected chi connectivity index (χ2v) is 29.8. The van der Waals surface area contributed by atoms with Gasteiger partial charge >= 0.3 is 0 Å². The third-order valence-corrected chi connectivity index (χ3v) is 21.5. The summed E-state index contributed by atoms with van der Waals surface area (Å²) in [6, 6.07) is 44.5. The average molecular weight is 1440 g/mol. The van der Waals surface area contributed by atoms with Gasteiger partial charge in [-0.2, -0.15) is 0 Å². The van der Waals surface area contributed by atoms with Crippen molar-refractivity contribution in [1.82, 2.24) is 25.4 Å². The number of phenolic OH excluding ortho intramolecular Hbond substituents is 1. The van der Waals surface area contributed by atoms with Crippen LogP contribution in [0.4, 0.5) is 22.7 Å². The number of amides is 5. The SMILES string of the molecule is CCN1c2cc3c(cc2C(C)CC1(C)C)C(c1cccc(CC(=O)N(C)CCCC(=O)NCCc2ccc(NNc4ccc(C(=O)NCCOCCOCCOCCOCCC(=O)NCCC(=O)N5Cc6ccccc6/C=C\c6ccccc65)cc4)c(O)c2)c1)=c1cc2c4c(c1C3(C)C)CCC[N+]=4CCC2. The number of ether oxygens (including phenoxy) is 4. The van der Waals surface area contributed by atoms with Gasteiger partial charge in [0.15, 0.2) is 0 Å². The zero-order valence-corrected chi connectivity index (χ0v) is 62.9. The predicted octanol–water partition coefficient (Wildman–Crippen LogP) is 10.8. The first-order valence-corrected chi connectivity index (χ1v) is 38.2. The summed E-state index contributed by atoms with van der Waals surface area (Å²) in [5.74, 6) is -0.117. The lowest BCUT2D eigenvalue weighted by atomic mass is 9.65. The van der Waals surface area contributed by atoms with Crippen molar-refractivity contribution in [3.63, 3.8) is 0 Å². The smallest absolute Gasteiger partial charge is 0.251 e. The van der Waals surface area contributed by atoms with E-state index in [1.165, 1.54) is 68.1 Å². The molecule has 0 fully saturated rings. The maximum absolute atomic E-state index is 14.0. The van der Waals surface area contributed by atoms with E-state index >= 15 is 0 Å². The maximum atomic E-state index is 14.0. The van der Waals surface area contributed by atoms with Gasteiger partial charge in [0.05, 0.1) is 82.9 Å². The molecule has 0 aromatic heterocycles. The minimum Gasteiger partial charge on any atom is -0.506 e. The van der Waals surface area contributed by atoms with Crippen LogP contribution >= 0.6 is 0 Å². The van der Waals surface area contributed by atoms with Crippen LogP contribution in [0.2, 0.25) is 0 Å². The van der Waals surface area contributed by atoms with Crippen molar-refractivity contribution >= 4 is 70.0 Å². The highest BCUT2D eigenvalue weighted by molar-refractivity contribution is 5.98. The van der Waals surface area contributed by atoms with Crippen molar-refractivity contribution in [2.24, 2.45) is 0 Å². The molecule has 5 aliphatic rings. The first-order chi connectivity index (χ1) is 51.3. The number of aromatic hydroxyl groups is 1. The molecule has 106 heavy (non-hydrogen) atoms. The van der Waals surface area contributed by atoms with E-state index in [4.69, 9.17) is 18.9 Å². The van der Waals surface area contributed by atoms with Crippen LogP contribution in [0.25, 0.3) is 17.7 Å². The lowest BCUT2D eigenvalue weighted by Crippen LogP contribution is -2.50. The molecule has 0 spiro atoms. The second-order valence-electron chi connectivity index (χ2n) is 29.8. The van der Waals surface area contributed by atoms with Crippen LogP contribution in [0.3, 0.4) is 0 Å². The number of para-hydroxylation sites is 1. The van der Waals surface area contributed by atoms with E-state index in [0.29, 0.717) is 108 Å². The predicted molar refractivity (Wildman–Crippen MR) is 420 cm³/mol. The molecule has 558 valence electrons. The quantitative estimate of drug-likeness (QED) is 0.00979. The lowest BCUT2D eigenvalue weighted by molar-refractivity contribution is -0.130. The number of hydrogen-bond acceptors (Lipinski definition) is 13. The molecule has 0 saturated heterocycles. The van der Waals surface area contributed by atoms with Crippen molar-refractivity contribution in [2.75, 3.05) is 126 Å². The molecule has 1 aliphatic carbocycles. The number of hydrogen-bond donors (Lipinski definition) is 6. The second kappa shape index (κ2) is 35.2. The number of phenols is 1. The number of aryl methyl sites for hydroxylation is 1. The maximum Gasteiger partial charge on any atom is 0.251 e. The Kier molecular flexibility index (Phi) is 25.2. The van der Waals surface area contributed by atoms with Gasteiger partial charge < -0.3 is 60.1 Å². The molecule has 0 saturated carbocycles. The third kappa shape index (κ3) is 18.2. The van der Waals surface area contributed by atoms with Gasteiger partial charge in [-0.25, -0.2) is 4.58 Å². The minimum atomic E-state index is -0.240. The number of anilines is 4. The molecule has 0 bridgehead atoms. The molecule has 0 radical (unpaired) electrons. The van der Waals surface area contributed by atoms with Crippen molar-refractivity contribution < 1.29 is 48.0 Å². The number of carbonyl (C=O) groups excluding carboxylic acids is 5. The van der Waals surface area contributed by atoms with Crippen LogP contribution < -0.4 is 51.8 Å². The summed E-state index contributed by atoms with van der Waals surface area (Å²) in [6.45, 7) is 22.2. The topological polar surface area (TPSA) is 215 Å². The number of benzene rings is 7. The number of likely N-dealkylation sites (N-methyl/N-ethyl adjacent to an activating group) is 1. The highest BCUT2D eigenvalue weighted by Gasteiger charge is 2.43. The number of fused-ring (bicyclic) bond motifs is 6. The summed E-state index contributed by atoms with van der Waals surface area (Å²) in [4.78, 5) is 72.0. The number of carbonyl (C=O) groups is 5. The number of hydrazine groups is 1. The molecule has 4 heterocycles. The zero-order chi connectivity index (χ0) is 74.3. The van der Waals surface area contributed by atoms with Gasteiger partial charge in [-0.1, -0.05) is 106 Å². The van der Waals surface area contributed by atoms with E-state index in [9.17, 15) is 29.1 Å². The highest BCUT2D eigenvalue weighted by atomic mass is 16.6. The fourth-order valence-electron chi connectivity index (χ4n) is 16.2. The van der Waals surface area contributed by atoms with Gasteiger partial charge in [0, 0.05) is 105 Å². The Labute approximate surface area is 624 Å². The van der Waals surface area contributed by atoms with Crippen molar-refractivity contribution in [2.45, 2.75) is 136 Å². The molecular weight excluding hydrogens is 1330 g/mol. The normalized spacial score (nSPS) is 16.0. The van der Waals surface area contributed by atoms with Gasteiger partial charge in [-0.05, 0) is 186 Å². The third-order valence-electron chi connectivity index (χ3n) is 21.5. The van der Waals surface area contributed by atoms with E-state index in [1.54, 1.807) is 46.2 Å². The Morgan fingerprint density at radius 2 is 1.35 bits per heavy atom. The monoisotopic (exact) mass is 1440 g/mol. The number of nitrogens with zero attached hydrogens (tertiary/aromatic N) is 4. The van der Waals surface area contributed by atoms with Crippen molar-refractivity contribution in [3.8, 4) is 5.75 Å². The van der Waals surface area contributed by atoms with Gasteiger partial charge in [0.2, 0.25) is 29.0 Å². The Morgan fingerprint density at radius 3 is 2.11 bits per heavy atom. The minimum absolute atomic E-state index is 0.0155.